The van der Waals surface area contributed by atoms with E-state index in [9.17, 15) is 32.4 Å². The number of amides is 5. The minimum Gasteiger partial charge on any atom is -0.346 e. The maximum absolute atomic E-state index is 14.5. The lowest BCUT2D eigenvalue weighted by Gasteiger charge is -2.41. The lowest BCUT2D eigenvalue weighted by molar-refractivity contribution is -0.143. The fourth-order valence-electron chi connectivity index (χ4n) is 5.50. The van der Waals surface area contributed by atoms with Gasteiger partial charge in [-0.25, -0.2) is 13.2 Å². The summed E-state index contributed by atoms with van der Waals surface area (Å²) >= 11 is 1.86. The largest absolute Gasteiger partial charge is 0.346 e. The Balaban J connectivity index is 3.43. The molecule has 1 saturated carbocycles. The fraction of sp³-hybridized carbons (Fsp3) is 0.800. The van der Waals surface area contributed by atoms with Crippen molar-refractivity contribution in [2.45, 2.75) is 141 Å². The van der Waals surface area contributed by atoms with Gasteiger partial charge in [0.2, 0.25) is 11.7 Å². The number of nitrogens with zero attached hydrogens (tertiary/aromatic N) is 1. The molecule has 0 radical (unpaired) electrons. The van der Waals surface area contributed by atoms with Gasteiger partial charge in [-0.05, 0) is 79.9 Å². The molecule has 0 aliphatic heterocycles. The number of rotatable bonds is 17. The Morgan fingerprint density at radius 2 is 1.53 bits per heavy atom. The summed E-state index contributed by atoms with van der Waals surface area (Å²) in [6, 6.07) is -2.82. The normalized spacial score (nSPS) is 17.6. The van der Waals surface area contributed by atoms with Crippen LogP contribution >= 0.6 is 22.6 Å². The topological polar surface area (TPSA) is 171 Å². The average Bonchev–Trinajstić information content (AvgIpc) is 2.98. The van der Waals surface area contributed by atoms with Gasteiger partial charge in [0.05, 0.1) is 22.1 Å². The van der Waals surface area contributed by atoms with Gasteiger partial charge in [0.25, 0.3) is 11.8 Å². The van der Waals surface area contributed by atoms with Crippen molar-refractivity contribution < 1.29 is 32.4 Å². The van der Waals surface area contributed by atoms with E-state index in [1.807, 2.05) is 50.3 Å². The Morgan fingerprint density at radius 3 is 2.00 bits per heavy atom. The van der Waals surface area contributed by atoms with Crippen molar-refractivity contribution in [3.05, 3.63) is 12.7 Å². The zero-order chi connectivity index (χ0) is 38.0. The van der Waals surface area contributed by atoms with Crippen LogP contribution in [0.1, 0.15) is 114 Å². The van der Waals surface area contributed by atoms with Crippen molar-refractivity contribution in [3.8, 4) is 0 Å². The number of sulfone groups is 1. The second kappa shape index (κ2) is 18.8. The molecule has 12 nitrogen and oxygen atoms in total. The number of carbonyl (C=O) groups is 5. The second-order valence-electron chi connectivity index (χ2n) is 15.9. The summed E-state index contributed by atoms with van der Waals surface area (Å²) in [4.78, 5) is 68.7. The summed E-state index contributed by atoms with van der Waals surface area (Å²) < 4.78 is 24.5. The van der Waals surface area contributed by atoms with Crippen molar-refractivity contribution in [1.29, 1.82) is 0 Å². The Labute approximate surface area is 308 Å². The first-order valence-corrected chi connectivity index (χ1v) is 20.3. The third kappa shape index (κ3) is 13.4. The first-order valence-electron chi connectivity index (χ1n) is 17.4. The molecule has 282 valence electrons. The highest BCUT2D eigenvalue weighted by molar-refractivity contribution is 14.1. The van der Waals surface area contributed by atoms with Crippen LogP contribution in [0.4, 0.5) is 4.79 Å². The fourth-order valence-corrected chi connectivity index (χ4v) is 7.70. The van der Waals surface area contributed by atoms with Gasteiger partial charge in [0.1, 0.15) is 6.04 Å². The van der Waals surface area contributed by atoms with Crippen molar-refractivity contribution >= 4 is 62.0 Å². The molecule has 1 rings (SSSR count). The van der Waals surface area contributed by atoms with Crippen LogP contribution in [0.5, 0.6) is 0 Å². The minimum absolute atomic E-state index is 0.0330. The number of alkyl halides is 1. The second-order valence-corrected chi connectivity index (χ2v) is 19.8. The van der Waals surface area contributed by atoms with Crippen LogP contribution in [0, 0.1) is 17.3 Å². The summed E-state index contributed by atoms with van der Waals surface area (Å²) in [6.45, 7) is 22.0. The molecule has 14 heteroatoms. The number of Topliss-reactive ketones (excluding diaryl/α,β-unsaturated/α-hetero) is 1. The average molecular weight is 824 g/mol. The number of hydrogen-bond acceptors (Lipinski definition) is 7. The first kappa shape index (κ1) is 44.8. The quantitative estimate of drug-likeness (QED) is 0.0544. The lowest BCUT2D eigenvalue weighted by Crippen LogP contribution is -2.64. The van der Waals surface area contributed by atoms with Crippen molar-refractivity contribution in [1.82, 2.24) is 26.2 Å². The van der Waals surface area contributed by atoms with Crippen molar-refractivity contribution in [3.63, 3.8) is 0 Å². The van der Waals surface area contributed by atoms with E-state index in [1.54, 1.807) is 41.5 Å². The van der Waals surface area contributed by atoms with Crippen LogP contribution in [0.3, 0.4) is 0 Å². The molecule has 0 saturated heterocycles. The van der Waals surface area contributed by atoms with Crippen LogP contribution in [0.15, 0.2) is 12.7 Å². The summed E-state index contributed by atoms with van der Waals surface area (Å²) in [6.07, 6.45) is 5.68. The number of halogens is 1. The highest BCUT2D eigenvalue weighted by Crippen LogP contribution is 2.33. The molecule has 0 spiro atoms. The molecule has 0 aromatic rings. The van der Waals surface area contributed by atoms with Gasteiger partial charge in [0, 0.05) is 13.1 Å². The molecule has 5 amide bonds. The van der Waals surface area contributed by atoms with Crippen molar-refractivity contribution in [2.24, 2.45) is 17.3 Å². The molecular formula is C35H62IN5O7S. The molecule has 1 aliphatic rings. The van der Waals surface area contributed by atoms with Crippen LogP contribution in [-0.4, -0.2) is 88.1 Å². The monoisotopic (exact) mass is 823 g/mol. The van der Waals surface area contributed by atoms with Gasteiger partial charge in [-0.2, -0.15) is 0 Å². The Morgan fingerprint density at radius 1 is 0.959 bits per heavy atom. The number of hydrogen-bond donors (Lipinski definition) is 4. The molecule has 1 fully saturated rings. The van der Waals surface area contributed by atoms with E-state index in [0.29, 0.717) is 19.3 Å². The van der Waals surface area contributed by atoms with E-state index < -0.39 is 71.2 Å². The van der Waals surface area contributed by atoms with Crippen molar-refractivity contribution in [2.75, 3.05) is 18.8 Å². The summed E-state index contributed by atoms with van der Waals surface area (Å²) in [5.74, 6) is -2.81. The third-order valence-corrected chi connectivity index (χ3v) is 13.3. The molecule has 4 atom stereocenters. The minimum atomic E-state index is -3.58. The Hall–Kier alpha value is -2.23. The van der Waals surface area contributed by atoms with E-state index in [4.69, 9.17) is 0 Å². The SMILES string of the molecule is C=CCNC(=O)C(=O)C(CCC)NC(=O)[C@H](I)N(C[C@@H](C)C(C)C)C(=O)[C@@H](NC(=O)NC1(CS(=O)(=O)C(C)(C)C)CCCCC1)C(C)(C)C. The zero-order valence-electron chi connectivity index (χ0n) is 31.3. The Kier molecular flexibility index (Phi) is 17.2. The lowest BCUT2D eigenvalue weighted by atomic mass is 9.83. The number of carbonyl (C=O) groups excluding carboxylic acids is 5. The molecular weight excluding hydrogens is 761 g/mol. The highest BCUT2D eigenvalue weighted by atomic mass is 127. The predicted molar refractivity (Wildman–Crippen MR) is 203 cm³/mol. The van der Waals surface area contributed by atoms with Gasteiger partial charge < -0.3 is 26.2 Å². The van der Waals surface area contributed by atoms with E-state index in [1.165, 1.54) is 11.0 Å². The molecule has 0 bridgehead atoms. The van der Waals surface area contributed by atoms with Gasteiger partial charge in [0.15, 0.2) is 13.9 Å². The molecule has 4 N–H and O–H groups in total. The predicted octanol–water partition coefficient (Wildman–Crippen LogP) is 4.65. The Bertz CT molecular complexity index is 1280. The summed E-state index contributed by atoms with van der Waals surface area (Å²) in [5.41, 5.74) is -1.78. The van der Waals surface area contributed by atoms with E-state index in [2.05, 4.69) is 27.8 Å². The molecule has 1 unspecified atom stereocenters. The van der Waals surface area contributed by atoms with Crippen LogP contribution in [0.25, 0.3) is 0 Å². The van der Waals surface area contributed by atoms with Crippen LogP contribution in [-0.2, 0) is 29.0 Å². The number of nitrogens with one attached hydrogen (secondary N) is 4. The highest BCUT2D eigenvalue weighted by Gasteiger charge is 2.45. The molecule has 0 heterocycles. The smallest absolute Gasteiger partial charge is 0.315 e. The maximum atomic E-state index is 14.5. The number of ketones is 1. The van der Waals surface area contributed by atoms with E-state index in [0.717, 1.165) is 19.3 Å². The van der Waals surface area contributed by atoms with E-state index in [-0.39, 0.29) is 37.1 Å². The first-order chi connectivity index (χ1) is 22.4. The van der Waals surface area contributed by atoms with Gasteiger partial charge >= 0.3 is 6.03 Å². The third-order valence-electron chi connectivity index (χ3n) is 9.21. The zero-order valence-corrected chi connectivity index (χ0v) is 34.3. The molecule has 1 aliphatic carbocycles. The van der Waals surface area contributed by atoms with Crippen LogP contribution < -0.4 is 21.3 Å². The standard InChI is InChI=1S/C35H62IN5O7S/c1-12-17-25(26(42)29(43)37-20-13-2)38-30(44)28(36)41(21-24(5)23(3)4)31(45)27(33(6,7)8)39-32(46)40-35(18-15-14-16-19-35)22-49(47,48)34(9,10)11/h13,23-25,27-28H,2,12,14-22H2,1,3-11H3,(H,37,43)(H,38,44)(H2,39,40,46)/t24-,25?,27-,28-/m1/s1. The van der Waals surface area contributed by atoms with E-state index >= 15 is 0 Å². The molecule has 0 aromatic heterocycles. The summed E-state index contributed by atoms with van der Waals surface area (Å²) in [7, 11) is -3.58. The maximum Gasteiger partial charge on any atom is 0.315 e. The van der Waals surface area contributed by atoms with Gasteiger partial charge in [-0.1, -0.05) is 80.2 Å². The van der Waals surface area contributed by atoms with Gasteiger partial charge in [-0.3, -0.25) is 19.2 Å². The summed E-state index contributed by atoms with van der Waals surface area (Å²) in [5, 5.41) is 11.0. The molecule has 49 heavy (non-hydrogen) atoms. The number of urea groups is 1. The van der Waals surface area contributed by atoms with Crippen LogP contribution in [0.2, 0.25) is 0 Å². The van der Waals surface area contributed by atoms with Gasteiger partial charge in [-0.15, -0.1) is 6.58 Å². The molecule has 0 aromatic carbocycles.